The molecule has 190 valence electrons. The molecule has 0 bridgehead atoms. The lowest BCUT2D eigenvalue weighted by molar-refractivity contribution is -0.119. The second-order valence-electron chi connectivity index (χ2n) is 9.87. The smallest absolute Gasteiger partial charge is 0.239 e. The molecule has 0 radical (unpaired) electrons. The lowest BCUT2D eigenvalue weighted by Gasteiger charge is -2.35. The summed E-state index contributed by atoms with van der Waals surface area (Å²) < 4.78 is 0. The number of fused-ring (bicyclic) bond motifs is 1. The minimum atomic E-state index is 0.0109. The Labute approximate surface area is 215 Å². The van der Waals surface area contributed by atoms with Crippen molar-refractivity contribution in [2.75, 3.05) is 38.1 Å². The highest BCUT2D eigenvalue weighted by molar-refractivity contribution is 5.82. The van der Waals surface area contributed by atoms with E-state index in [9.17, 15) is 4.79 Å². The van der Waals surface area contributed by atoms with E-state index in [4.69, 9.17) is 0 Å². The molecule has 1 amide bonds. The SMILES string of the molecule is C=C(CN(CC(=O)NCCNC(C)C)c1cccc(C2=CC=CC2)c1)N(C)N1Cc2ccccc2C1. The monoisotopic (exact) mass is 485 g/mol. The third kappa shape index (κ3) is 6.65. The summed E-state index contributed by atoms with van der Waals surface area (Å²) in [7, 11) is 2.06. The van der Waals surface area contributed by atoms with Crippen molar-refractivity contribution < 1.29 is 4.79 Å². The van der Waals surface area contributed by atoms with E-state index in [1.165, 1.54) is 22.3 Å². The number of likely N-dealkylation sites (N-methyl/N-ethyl adjacent to an activating group) is 1. The third-order valence-corrected chi connectivity index (χ3v) is 6.77. The van der Waals surface area contributed by atoms with Crippen molar-refractivity contribution in [3.63, 3.8) is 0 Å². The molecule has 36 heavy (non-hydrogen) atoms. The number of amides is 1. The van der Waals surface area contributed by atoms with Crippen LogP contribution in [0.2, 0.25) is 0 Å². The molecule has 2 aromatic carbocycles. The summed E-state index contributed by atoms with van der Waals surface area (Å²) in [4.78, 5) is 15.0. The van der Waals surface area contributed by atoms with Crippen molar-refractivity contribution in [3.05, 3.63) is 95.7 Å². The lowest BCUT2D eigenvalue weighted by Crippen LogP contribution is -2.44. The minimum Gasteiger partial charge on any atom is -0.356 e. The number of hydrogen-bond donors (Lipinski definition) is 2. The van der Waals surface area contributed by atoms with Crippen LogP contribution in [-0.4, -0.2) is 55.2 Å². The molecule has 0 saturated heterocycles. The first-order chi connectivity index (χ1) is 17.4. The molecule has 1 aliphatic carbocycles. The standard InChI is InChI=1S/C30H39N5O/c1-23(2)31-16-17-32-30(36)22-34(29-15-9-14-26(18-29)25-10-5-6-11-25)19-24(3)33(4)35-20-27-12-7-8-13-28(27)21-35/h5-10,12-15,18,23,31H,3,11,16-17,19-22H2,1-2,4H3,(H,32,36). The van der Waals surface area contributed by atoms with Crippen LogP contribution in [0.25, 0.3) is 5.57 Å². The minimum absolute atomic E-state index is 0.0109. The van der Waals surface area contributed by atoms with Crippen molar-refractivity contribution >= 4 is 17.2 Å². The van der Waals surface area contributed by atoms with Gasteiger partial charge in [0.15, 0.2) is 0 Å². The number of benzene rings is 2. The molecule has 2 N–H and O–H groups in total. The number of nitrogens with zero attached hydrogens (tertiary/aromatic N) is 3. The van der Waals surface area contributed by atoms with Crippen LogP contribution in [0.4, 0.5) is 5.69 Å². The maximum atomic E-state index is 12.9. The van der Waals surface area contributed by atoms with E-state index in [2.05, 4.69) is 120 Å². The molecule has 0 saturated carbocycles. The molecule has 1 heterocycles. The fourth-order valence-electron chi connectivity index (χ4n) is 4.64. The number of rotatable bonds is 12. The van der Waals surface area contributed by atoms with Gasteiger partial charge in [-0.05, 0) is 40.8 Å². The summed E-state index contributed by atoms with van der Waals surface area (Å²) in [6, 6.07) is 17.4. The molecule has 6 nitrogen and oxygen atoms in total. The number of nitrogens with one attached hydrogen (secondary N) is 2. The quantitative estimate of drug-likeness (QED) is 0.439. The number of hydrogen-bond acceptors (Lipinski definition) is 5. The van der Waals surface area contributed by atoms with Gasteiger partial charge < -0.3 is 20.5 Å². The van der Waals surface area contributed by atoms with Crippen molar-refractivity contribution in [1.82, 2.24) is 20.7 Å². The van der Waals surface area contributed by atoms with Gasteiger partial charge in [-0.3, -0.25) is 4.79 Å². The molecule has 0 fully saturated rings. The Morgan fingerprint density at radius 3 is 2.47 bits per heavy atom. The fraction of sp³-hybridized carbons (Fsp3) is 0.367. The van der Waals surface area contributed by atoms with Gasteiger partial charge in [0.1, 0.15) is 0 Å². The molecule has 2 aliphatic rings. The van der Waals surface area contributed by atoms with E-state index in [-0.39, 0.29) is 12.5 Å². The first-order valence-electron chi connectivity index (χ1n) is 12.8. The number of anilines is 1. The summed E-state index contributed by atoms with van der Waals surface area (Å²) in [6.45, 7) is 12.5. The van der Waals surface area contributed by atoms with Crippen LogP contribution in [0.3, 0.4) is 0 Å². The molecule has 0 unspecified atom stereocenters. The fourth-order valence-corrected chi connectivity index (χ4v) is 4.64. The molecule has 0 spiro atoms. The van der Waals surface area contributed by atoms with Gasteiger partial charge in [-0.2, -0.15) is 0 Å². The van der Waals surface area contributed by atoms with Crippen LogP contribution in [0.5, 0.6) is 0 Å². The van der Waals surface area contributed by atoms with Crippen LogP contribution in [0, 0.1) is 0 Å². The van der Waals surface area contributed by atoms with E-state index in [1.807, 2.05) is 0 Å². The Kier molecular flexibility index (Phi) is 8.62. The van der Waals surface area contributed by atoms with Gasteiger partial charge in [0.2, 0.25) is 5.91 Å². The third-order valence-electron chi connectivity index (χ3n) is 6.77. The predicted octanol–water partition coefficient (Wildman–Crippen LogP) is 4.33. The van der Waals surface area contributed by atoms with Crippen LogP contribution < -0.4 is 15.5 Å². The summed E-state index contributed by atoms with van der Waals surface area (Å²) in [5.74, 6) is 0.0109. The van der Waals surface area contributed by atoms with E-state index < -0.39 is 0 Å². The first-order valence-corrected chi connectivity index (χ1v) is 12.8. The molecule has 0 aromatic heterocycles. The normalized spacial score (nSPS) is 14.6. The van der Waals surface area contributed by atoms with Gasteiger partial charge in [-0.25, -0.2) is 5.01 Å². The van der Waals surface area contributed by atoms with Gasteiger partial charge in [0.05, 0.1) is 13.1 Å². The zero-order valence-electron chi connectivity index (χ0n) is 21.8. The van der Waals surface area contributed by atoms with Gasteiger partial charge in [-0.1, -0.05) is 75.1 Å². The Bertz CT molecular complexity index is 1110. The Morgan fingerprint density at radius 1 is 1.06 bits per heavy atom. The number of carbonyl (C=O) groups excluding carboxylic acids is 1. The first kappa shape index (κ1) is 25.7. The van der Waals surface area contributed by atoms with Gasteiger partial charge in [0, 0.05) is 50.7 Å². The summed E-state index contributed by atoms with van der Waals surface area (Å²) >= 11 is 0. The summed E-state index contributed by atoms with van der Waals surface area (Å²) in [5, 5.41) is 10.8. The topological polar surface area (TPSA) is 50.9 Å². The second-order valence-corrected chi connectivity index (χ2v) is 9.87. The highest BCUT2D eigenvalue weighted by Gasteiger charge is 2.24. The number of allylic oxidation sites excluding steroid dienone is 4. The summed E-state index contributed by atoms with van der Waals surface area (Å²) in [6.07, 6.45) is 7.37. The number of hydrazine groups is 1. The molecule has 1 aliphatic heterocycles. The van der Waals surface area contributed by atoms with E-state index in [0.29, 0.717) is 19.1 Å². The van der Waals surface area contributed by atoms with Crippen LogP contribution in [0.15, 0.2) is 79.0 Å². The van der Waals surface area contributed by atoms with E-state index in [1.54, 1.807) is 0 Å². The molecule has 4 rings (SSSR count). The maximum Gasteiger partial charge on any atom is 0.239 e. The van der Waals surface area contributed by atoms with Crippen molar-refractivity contribution in [1.29, 1.82) is 0 Å². The summed E-state index contributed by atoms with van der Waals surface area (Å²) in [5.41, 5.74) is 7.17. The van der Waals surface area contributed by atoms with E-state index in [0.717, 1.165) is 37.4 Å². The van der Waals surface area contributed by atoms with E-state index >= 15 is 0 Å². The largest absolute Gasteiger partial charge is 0.356 e. The van der Waals surface area contributed by atoms with Gasteiger partial charge >= 0.3 is 0 Å². The predicted molar refractivity (Wildman–Crippen MR) is 149 cm³/mol. The lowest BCUT2D eigenvalue weighted by atomic mass is 10.0. The number of carbonyl (C=O) groups is 1. The maximum absolute atomic E-state index is 12.9. The van der Waals surface area contributed by atoms with Crippen LogP contribution in [-0.2, 0) is 17.9 Å². The second kappa shape index (κ2) is 12.1. The molecular weight excluding hydrogens is 446 g/mol. The Morgan fingerprint density at radius 2 is 1.81 bits per heavy atom. The Hall–Kier alpha value is -3.35. The molecular formula is C30H39N5O. The van der Waals surface area contributed by atoms with Crippen LogP contribution >= 0.6 is 0 Å². The zero-order chi connectivity index (χ0) is 25.5. The molecule has 2 aromatic rings. The van der Waals surface area contributed by atoms with Gasteiger partial charge in [-0.15, -0.1) is 0 Å². The van der Waals surface area contributed by atoms with Crippen molar-refractivity contribution in [3.8, 4) is 0 Å². The average molecular weight is 486 g/mol. The van der Waals surface area contributed by atoms with Gasteiger partial charge in [0.25, 0.3) is 0 Å². The van der Waals surface area contributed by atoms with Crippen molar-refractivity contribution in [2.24, 2.45) is 0 Å². The Balaban J connectivity index is 1.45. The average Bonchev–Trinajstić information content (AvgIpc) is 3.56. The highest BCUT2D eigenvalue weighted by Crippen LogP contribution is 2.28. The molecule has 6 heteroatoms. The van der Waals surface area contributed by atoms with Crippen LogP contribution in [0.1, 0.15) is 37.0 Å². The molecule has 0 atom stereocenters. The highest BCUT2D eigenvalue weighted by atomic mass is 16.2. The van der Waals surface area contributed by atoms with Crippen molar-refractivity contribution in [2.45, 2.75) is 39.4 Å². The zero-order valence-corrected chi connectivity index (χ0v) is 21.8.